The van der Waals surface area contributed by atoms with Crippen LogP contribution in [0.4, 0.5) is 0 Å². The molecule has 1 fully saturated rings. The van der Waals surface area contributed by atoms with Crippen LogP contribution in [-0.4, -0.2) is 66.9 Å². The molecular weight excluding hydrogens is 454 g/mol. The Labute approximate surface area is 213 Å². The Balaban J connectivity index is 1.51. The third-order valence-corrected chi connectivity index (χ3v) is 7.31. The maximum atomic E-state index is 13.8. The van der Waals surface area contributed by atoms with E-state index in [4.69, 9.17) is 4.74 Å². The Kier molecular flexibility index (Phi) is 8.09. The van der Waals surface area contributed by atoms with Crippen LogP contribution in [0.25, 0.3) is 0 Å². The van der Waals surface area contributed by atoms with Crippen molar-refractivity contribution < 1.29 is 19.1 Å². The summed E-state index contributed by atoms with van der Waals surface area (Å²) in [4.78, 5) is 43.1. The number of ether oxygens (including phenoxy) is 1. The van der Waals surface area contributed by atoms with Crippen LogP contribution in [0.5, 0.6) is 0 Å². The minimum Gasteiger partial charge on any atom is -0.383 e. The summed E-state index contributed by atoms with van der Waals surface area (Å²) >= 11 is 0. The number of methoxy groups -OCH3 is 1. The van der Waals surface area contributed by atoms with E-state index < -0.39 is 12.1 Å². The molecule has 1 aliphatic carbocycles. The molecule has 7 nitrogen and oxygen atoms in total. The highest BCUT2D eigenvalue weighted by molar-refractivity contribution is 5.97. The average molecular weight is 492 g/mol. The van der Waals surface area contributed by atoms with Gasteiger partial charge in [-0.05, 0) is 59.9 Å². The largest absolute Gasteiger partial charge is 0.383 e. The van der Waals surface area contributed by atoms with Crippen LogP contribution >= 0.6 is 0 Å². The lowest BCUT2D eigenvalue weighted by atomic mass is 9.90. The lowest BCUT2D eigenvalue weighted by Crippen LogP contribution is -2.65. The van der Waals surface area contributed by atoms with E-state index in [0.717, 1.165) is 18.4 Å². The molecule has 0 unspecified atom stereocenters. The van der Waals surface area contributed by atoms with Crippen molar-refractivity contribution in [1.29, 1.82) is 0 Å². The van der Waals surface area contributed by atoms with E-state index >= 15 is 0 Å². The second kappa shape index (κ2) is 11.2. The van der Waals surface area contributed by atoms with Gasteiger partial charge in [-0.15, -0.1) is 0 Å². The topological polar surface area (TPSA) is 79.0 Å². The van der Waals surface area contributed by atoms with Crippen LogP contribution in [-0.2, 0) is 33.7 Å². The normalized spacial score (nSPS) is 20.0. The molecule has 0 saturated carbocycles. The molecular formula is C29H37N3O4. The summed E-state index contributed by atoms with van der Waals surface area (Å²) in [5.74, 6) is 0.161. The predicted octanol–water partition coefficient (Wildman–Crippen LogP) is 3.06. The van der Waals surface area contributed by atoms with Crippen molar-refractivity contribution in [1.82, 2.24) is 15.1 Å². The number of carbonyl (C=O) groups excluding carboxylic acids is 3. The van der Waals surface area contributed by atoms with Crippen molar-refractivity contribution in [2.75, 3.05) is 27.3 Å². The Morgan fingerprint density at radius 3 is 2.31 bits per heavy atom. The molecule has 192 valence electrons. The van der Waals surface area contributed by atoms with Gasteiger partial charge in [0.25, 0.3) is 5.91 Å². The quantitative estimate of drug-likeness (QED) is 0.585. The number of piperazine rings is 1. The fourth-order valence-electron chi connectivity index (χ4n) is 5.30. The van der Waals surface area contributed by atoms with Gasteiger partial charge in [-0.25, -0.2) is 0 Å². The smallest absolute Gasteiger partial charge is 0.253 e. The van der Waals surface area contributed by atoms with E-state index in [1.807, 2.05) is 24.3 Å². The van der Waals surface area contributed by atoms with Gasteiger partial charge in [0.1, 0.15) is 12.1 Å². The number of amides is 3. The van der Waals surface area contributed by atoms with Gasteiger partial charge < -0.3 is 19.9 Å². The molecule has 3 amide bonds. The number of nitrogens with one attached hydrogen (secondary N) is 1. The molecule has 1 N–H and O–H groups in total. The number of carbonyl (C=O) groups is 3. The average Bonchev–Trinajstić information content (AvgIpc) is 3.30. The third kappa shape index (κ3) is 5.62. The Hall–Kier alpha value is -3.19. The molecule has 2 aromatic rings. The Morgan fingerprint density at radius 2 is 1.72 bits per heavy atom. The van der Waals surface area contributed by atoms with Crippen molar-refractivity contribution in [3.63, 3.8) is 0 Å². The summed E-state index contributed by atoms with van der Waals surface area (Å²) in [6, 6.07) is 14.6. The van der Waals surface area contributed by atoms with Gasteiger partial charge in [0.05, 0.1) is 6.61 Å². The van der Waals surface area contributed by atoms with Crippen LogP contribution in [0.1, 0.15) is 47.3 Å². The summed E-state index contributed by atoms with van der Waals surface area (Å²) in [7, 11) is 3.36. The molecule has 1 heterocycles. The molecule has 0 radical (unpaired) electrons. The zero-order valence-corrected chi connectivity index (χ0v) is 21.7. The second-order valence-electron chi connectivity index (χ2n) is 10.5. The van der Waals surface area contributed by atoms with Crippen LogP contribution in [0.15, 0.2) is 48.5 Å². The first-order chi connectivity index (χ1) is 17.3. The van der Waals surface area contributed by atoms with Crippen molar-refractivity contribution in [3.8, 4) is 0 Å². The number of likely N-dealkylation sites (N-methyl/N-ethyl adjacent to an activating group) is 1. The predicted molar refractivity (Wildman–Crippen MR) is 138 cm³/mol. The minimum absolute atomic E-state index is 0.0162. The van der Waals surface area contributed by atoms with Gasteiger partial charge in [-0.2, -0.15) is 0 Å². The Morgan fingerprint density at radius 1 is 1.08 bits per heavy atom. The second-order valence-corrected chi connectivity index (χ2v) is 10.5. The first kappa shape index (κ1) is 25.9. The molecule has 2 aromatic carbocycles. The van der Waals surface area contributed by atoms with Gasteiger partial charge in [0, 0.05) is 32.8 Å². The van der Waals surface area contributed by atoms with Crippen molar-refractivity contribution >= 4 is 17.7 Å². The van der Waals surface area contributed by atoms with E-state index in [1.165, 1.54) is 11.1 Å². The maximum absolute atomic E-state index is 13.8. The number of rotatable bonds is 9. The fraction of sp³-hybridized carbons (Fsp3) is 0.483. The molecule has 0 aromatic heterocycles. The molecule has 0 spiro atoms. The number of nitrogens with zero attached hydrogens (tertiary/aromatic N) is 2. The SMILES string of the molecule is COCCN(C)C(=O)c1ccc(CN2C(=O)[C@@H](C3Cc4ccccc4C3)NC(=O)[C@H]2CC(C)C)cc1. The van der Waals surface area contributed by atoms with Crippen LogP contribution in [0, 0.1) is 11.8 Å². The van der Waals surface area contributed by atoms with Crippen LogP contribution in [0.3, 0.4) is 0 Å². The number of fused-ring (bicyclic) bond motifs is 1. The van der Waals surface area contributed by atoms with E-state index in [-0.39, 0.29) is 29.6 Å². The fourth-order valence-corrected chi connectivity index (χ4v) is 5.30. The van der Waals surface area contributed by atoms with Gasteiger partial charge in [0.2, 0.25) is 11.8 Å². The van der Waals surface area contributed by atoms with Gasteiger partial charge >= 0.3 is 0 Å². The van der Waals surface area contributed by atoms with E-state index in [2.05, 4.69) is 31.3 Å². The summed E-state index contributed by atoms with van der Waals surface area (Å²) in [5, 5.41) is 3.08. The van der Waals surface area contributed by atoms with Gasteiger partial charge in [0.15, 0.2) is 0 Å². The van der Waals surface area contributed by atoms with Crippen molar-refractivity contribution in [2.24, 2.45) is 11.8 Å². The monoisotopic (exact) mass is 491 g/mol. The molecule has 2 atom stereocenters. The molecule has 36 heavy (non-hydrogen) atoms. The highest BCUT2D eigenvalue weighted by Gasteiger charge is 2.45. The Bertz CT molecular complexity index is 1070. The third-order valence-electron chi connectivity index (χ3n) is 7.31. The van der Waals surface area contributed by atoms with Gasteiger partial charge in [-0.3, -0.25) is 14.4 Å². The van der Waals surface area contributed by atoms with Crippen molar-refractivity contribution in [2.45, 2.75) is 51.7 Å². The molecule has 1 saturated heterocycles. The standard InChI is InChI=1S/C29H37N3O4/c1-19(2)15-25-27(33)30-26(24-16-22-7-5-6-8-23(22)17-24)29(35)32(25)18-20-9-11-21(12-10-20)28(34)31(3)13-14-36-4/h5-12,19,24-26H,13-18H2,1-4H3,(H,30,33)/t25-,26-/m1/s1. The first-order valence-corrected chi connectivity index (χ1v) is 12.8. The lowest BCUT2D eigenvalue weighted by Gasteiger charge is -2.41. The summed E-state index contributed by atoms with van der Waals surface area (Å²) < 4.78 is 5.06. The van der Waals surface area contributed by atoms with Crippen molar-refractivity contribution in [3.05, 3.63) is 70.8 Å². The van der Waals surface area contributed by atoms with Gasteiger partial charge in [-0.1, -0.05) is 50.2 Å². The molecule has 0 bridgehead atoms. The van der Waals surface area contributed by atoms with E-state index in [9.17, 15) is 14.4 Å². The molecule has 7 heteroatoms. The lowest BCUT2D eigenvalue weighted by molar-refractivity contribution is -0.152. The number of hydrogen-bond acceptors (Lipinski definition) is 4. The summed E-state index contributed by atoms with van der Waals surface area (Å²) in [5.41, 5.74) is 4.00. The maximum Gasteiger partial charge on any atom is 0.253 e. The molecule has 4 rings (SSSR count). The van der Waals surface area contributed by atoms with Crippen LogP contribution < -0.4 is 5.32 Å². The summed E-state index contributed by atoms with van der Waals surface area (Å²) in [6.45, 7) is 5.46. The highest BCUT2D eigenvalue weighted by atomic mass is 16.5. The number of benzene rings is 2. The molecule has 1 aliphatic heterocycles. The first-order valence-electron chi connectivity index (χ1n) is 12.8. The van der Waals surface area contributed by atoms with E-state index in [1.54, 1.807) is 36.1 Å². The minimum atomic E-state index is -0.524. The molecule has 2 aliphatic rings. The highest BCUT2D eigenvalue weighted by Crippen LogP contribution is 2.32. The van der Waals surface area contributed by atoms with Crippen LogP contribution in [0.2, 0.25) is 0 Å². The zero-order chi connectivity index (χ0) is 25.8. The number of hydrogen-bond donors (Lipinski definition) is 1. The summed E-state index contributed by atoms with van der Waals surface area (Å²) in [6.07, 6.45) is 2.20. The van der Waals surface area contributed by atoms with E-state index in [0.29, 0.717) is 31.7 Å². The zero-order valence-electron chi connectivity index (χ0n) is 21.7.